The average Bonchev–Trinajstić information content (AvgIpc) is 2.08. The second-order valence-corrected chi connectivity index (χ2v) is 7.00. The van der Waals surface area contributed by atoms with E-state index in [1.165, 1.54) is 11.8 Å². The summed E-state index contributed by atoms with van der Waals surface area (Å²) in [6.07, 6.45) is 1.04. The first-order chi connectivity index (χ1) is 6.99. The molecule has 16 heavy (non-hydrogen) atoms. The van der Waals surface area contributed by atoms with Crippen LogP contribution in [-0.2, 0) is 14.6 Å². The van der Waals surface area contributed by atoms with Crippen molar-refractivity contribution < 1.29 is 18.3 Å². The molecule has 0 saturated carbocycles. The maximum Gasteiger partial charge on any atom is 0.240 e. The van der Waals surface area contributed by atoms with Crippen molar-refractivity contribution in [2.24, 2.45) is 0 Å². The van der Waals surface area contributed by atoms with E-state index in [2.05, 4.69) is 0 Å². The zero-order valence-electron chi connectivity index (χ0n) is 10.5. The summed E-state index contributed by atoms with van der Waals surface area (Å²) in [5.41, 5.74) is -1.02. The first-order valence-corrected chi connectivity index (χ1v) is 7.14. The molecule has 0 aromatic heterocycles. The van der Waals surface area contributed by atoms with Crippen LogP contribution in [0.3, 0.4) is 0 Å². The van der Waals surface area contributed by atoms with Crippen LogP contribution in [0.15, 0.2) is 0 Å². The summed E-state index contributed by atoms with van der Waals surface area (Å²) >= 11 is 0. The lowest BCUT2D eigenvalue weighted by Gasteiger charge is -2.29. The summed E-state index contributed by atoms with van der Waals surface area (Å²) in [4.78, 5) is 13.2. The van der Waals surface area contributed by atoms with Crippen LogP contribution in [0.2, 0.25) is 0 Å². The SMILES string of the molecule is CCN(CC(C)(C)O)C(=O)C(C)S(C)(=O)=O. The van der Waals surface area contributed by atoms with Gasteiger partial charge in [-0.3, -0.25) is 4.79 Å². The van der Waals surface area contributed by atoms with Gasteiger partial charge in [-0.2, -0.15) is 0 Å². The van der Waals surface area contributed by atoms with Gasteiger partial charge in [-0.25, -0.2) is 8.42 Å². The molecule has 0 fully saturated rings. The molecule has 0 aliphatic rings. The highest BCUT2D eigenvalue weighted by Gasteiger charge is 2.30. The van der Waals surface area contributed by atoms with E-state index in [-0.39, 0.29) is 6.54 Å². The minimum atomic E-state index is -3.39. The second kappa shape index (κ2) is 5.14. The molecule has 1 amide bonds. The summed E-state index contributed by atoms with van der Waals surface area (Å²) in [6, 6.07) is 0. The number of carbonyl (C=O) groups excluding carboxylic acids is 1. The zero-order valence-corrected chi connectivity index (χ0v) is 11.3. The molecule has 1 unspecified atom stereocenters. The van der Waals surface area contributed by atoms with Crippen LogP contribution >= 0.6 is 0 Å². The number of sulfone groups is 1. The third-order valence-electron chi connectivity index (χ3n) is 2.26. The number of likely N-dealkylation sites (N-methyl/N-ethyl adjacent to an activating group) is 1. The third kappa shape index (κ3) is 4.94. The largest absolute Gasteiger partial charge is 0.389 e. The summed E-state index contributed by atoms with van der Waals surface area (Å²) in [5, 5.41) is 8.55. The van der Waals surface area contributed by atoms with Gasteiger partial charge in [0.25, 0.3) is 0 Å². The number of aliphatic hydroxyl groups is 1. The van der Waals surface area contributed by atoms with Crippen LogP contribution in [-0.4, -0.2) is 54.5 Å². The number of hydrogen-bond acceptors (Lipinski definition) is 4. The van der Waals surface area contributed by atoms with Crippen LogP contribution in [0.1, 0.15) is 27.7 Å². The van der Waals surface area contributed by atoms with Gasteiger partial charge < -0.3 is 10.0 Å². The fraction of sp³-hybridized carbons (Fsp3) is 0.900. The minimum Gasteiger partial charge on any atom is -0.389 e. The van der Waals surface area contributed by atoms with E-state index in [0.29, 0.717) is 6.54 Å². The Kier molecular flexibility index (Phi) is 4.94. The van der Waals surface area contributed by atoms with Crippen LogP contribution in [0.25, 0.3) is 0 Å². The van der Waals surface area contributed by atoms with Gasteiger partial charge in [0.05, 0.1) is 5.60 Å². The van der Waals surface area contributed by atoms with E-state index in [0.717, 1.165) is 6.26 Å². The summed E-state index contributed by atoms with van der Waals surface area (Å²) < 4.78 is 22.5. The first kappa shape index (κ1) is 15.4. The molecule has 0 heterocycles. The summed E-state index contributed by atoms with van der Waals surface area (Å²) in [7, 11) is -3.39. The molecule has 0 radical (unpaired) electrons. The Bertz CT molecular complexity index is 342. The van der Waals surface area contributed by atoms with Gasteiger partial charge in [0.2, 0.25) is 5.91 Å². The predicted molar refractivity (Wildman–Crippen MR) is 62.9 cm³/mol. The lowest BCUT2D eigenvalue weighted by atomic mass is 10.1. The lowest BCUT2D eigenvalue weighted by Crippen LogP contribution is -2.47. The van der Waals surface area contributed by atoms with Crippen molar-refractivity contribution in [3.8, 4) is 0 Å². The molecular formula is C10H21NO4S. The molecule has 0 aromatic rings. The molecule has 0 bridgehead atoms. The first-order valence-electron chi connectivity index (χ1n) is 5.19. The molecule has 6 heteroatoms. The van der Waals surface area contributed by atoms with Crippen molar-refractivity contribution in [1.29, 1.82) is 0 Å². The fourth-order valence-electron chi connectivity index (χ4n) is 1.25. The van der Waals surface area contributed by atoms with E-state index in [9.17, 15) is 18.3 Å². The van der Waals surface area contributed by atoms with E-state index >= 15 is 0 Å². The normalized spacial score (nSPS) is 14.6. The van der Waals surface area contributed by atoms with E-state index in [1.54, 1.807) is 20.8 Å². The van der Waals surface area contributed by atoms with Crippen LogP contribution < -0.4 is 0 Å². The van der Waals surface area contributed by atoms with Crippen molar-refractivity contribution in [2.45, 2.75) is 38.5 Å². The molecule has 0 spiro atoms. The highest BCUT2D eigenvalue weighted by Crippen LogP contribution is 2.09. The molecule has 0 rings (SSSR count). The van der Waals surface area contributed by atoms with Gasteiger partial charge in [0.15, 0.2) is 9.84 Å². The molecular weight excluding hydrogens is 230 g/mol. The average molecular weight is 251 g/mol. The molecule has 96 valence electrons. The Labute approximate surface area is 97.4 Å². The third-order valence-corrected chi connectivity index (χ3v) is 3.75. The topological polar surface area (TPSA) is 74.7 Å². The quantitative estimate of drug-likeness (QED) is 0.748. The predicted octanol–water partition coefficient (Wildman–Crippen LogP) is 0.0389. The zero-order chi connectivity index (χ0) is 13.1. The van der Waals surface area contributed by atoms with Gasteiger partial charge >= 0.3 is 0 Å². The Morgan fingerprint density at radius 1 is 1.44 bits per heavy atom. The maximum atomic E-state index is 11.8. The number of carbonyl (C=O) groups is 1. The summed E-state index contributed by atoms with van der Waals surface area (Å²) in [6.45, 7) is 6.77. The van der Waals surface area contributed by atoms with Gasteiger partial charge in [-0.15, -0.1) is 0 Å². The van der Waals surface area contributed by atoms with Crippen molar-refractivity contribution in [3.05, 3.63) is 0 Å². The Balaban J connectivity index is 4.81. The van der Waals surface area contributed by atoms with E-state index in [1.807, 2.05) is 0 Å². The second-order valence-electron chi connectivity index (χ2n) is 4.64. The van der Waals surface area contributed by atoms with Crippen molar-refractivity contribution in [3.63, 3.8) is 0 Å². The van der Waals surface area contributed by atoms with Crippen LogP contribution in [0, 0.1) is 0 Å². The minimum absolute atomic E-state index is 0.127. The number of amides is 1. The Hall–Kier alpha value is -0.620. The van der Waals surface area contributed by atoms with Gasteiger partial charge in [-0.1, -0.05) is 0 Å². The molecule has 1 N–H and O–H groups in total. The molecule has 0 aliphatic heterocycles. The van der Waals surface area contributed by atoms with Gasteiger partial charge in [0, 0.05) is 19.3 Å². The Morgan fingerprint density at radius 3 is 2.12 bits per heavy atom. The number of hydrogen-bond donors (Lipinski definition) is 1. The number of rotatable bonds is 5. The van der Waals surface area contributed by atoms with Gasteiger partial charge in [-0.05, 0) is 27.7 Å². The highest BCUT2D eigenvalue weighted by atomic mass is 32.2. The number of nitrogens with zero attached hydrogens (tertiary/aromatic N) is 1. The highest BCUT2D eigenvalue weighted by molar-refractivity contribution is 7.92. The van der Waals surface area contributed by atoms with Crippen LogP contribution in [0.5, 0.6) is 0 Å². The maximum absolute atomic E-state index is 11.8. The molecule has 5 nitrogen and oxygen atoms in total. The van der Waals surface area contributed by atoms with E-state index in [4.69, 9.17) is 0 Å². The summed E-state index contributed by atoms with van der Waals surface area (Å²) in [5.74, 6) is -0.466. The fourth-order valence-corrected chi connectivity index (χ4v) is 1.77. The lowest BCUT2D eigenvalue weighted by molar-refractivity contribution is -0.133. The molecule has 0 aromatic carbocycles. The standard InChI is InChI=1S/C10H21NO4S/c1-6-11(7-10(3,4)13)9(12)8(2)16(5,14)15/h8,13H,6-7H2,1-5H3. The van der Waals surface area contributed by atoms with Crippen molar-refractivity contribution in [2.75, 3.05) is 19.3 Å². The van der Waals surface area contributed by atoms with Crippen molar-refractivity contribution >= 4 is 15.7 Å². The molecule has 0 aliphatic carbocycles. The van der Waals surface area contributed by atoms with Crippen LogP contribution in [0.4, 0.5) is 0 Å². The molecule has 0 saturated heterocycles. The van der Waals surface area contributed by atoms with E-state index < -0.39 is 26.6 Å². The molecule has 1 atom stereocenters. The smallest absolute Gasteiger partial charge is 0.240 e. The van der Waals surface area contributed by atoms with Gasteiger partial charge in [0.1, 0.15) is 5.25 Å². The van der Waals surface area contributed by atoms with Crippen molar-refractivity contribution in [1.82, 2.24) is 4.90 Å². The monoisotopic (exact) mass is 251 g/mol. The Morgan fingerprint density at radius 2 is 1.88 bits per heavy atom.